The van der Waals surface area contributed by atoms with Gasteiger partial charge in [-0.3, -0.25) is 4.84 Å². The van der Waals surface area contributed by atoms with Gasteiger partial charge < -0.3 is 4.74 Å². The third-order valence-corrected chi connectivity index (χ3v) is 4.33. The predicted molar refractivity (Wildman–Crippen MR) is 62.0 cm³/mol. The summed E-state index contributed by atoms with van der Waals surface area (Å²) in [6.45, 7) is 0.647. The van der Waals surface area contributed by atoms with Crippen molar-refractivity contribution in [2.75, 3.05) is 20.3 Å². The second-order valence-corrected chi connectivity index (χ2v) is 5.70. The maximum Gasteiger partial charge on any atom is 0.265 e. The number of ether oxygens (including phenoxy) is 1. The van der Waals surface area contributed by atoms with Gasteiger partial charge in [0.15, 0.2) is 11.6 Å². The molecular formula is C11H14FNO4S. The van der Waals surface area contributed by atoms with E-state index in [1.54, 1.807) is 0 Å². The number of benzene rings is 1. The molecule has 0 spiro atoms. The van der Waals surface area contributed by atoms with Crippen molar-refractivity contribution in [3.8, 4) is 5.75 Å². The minimum atomic E-state index is -3.79. The van der Waals surface area contributed by atoms with Crippen molar-refractivity contribution in [3.63, 3.8) is 0 Å². The zero-order chi connectivity index (χ0) is 13.2. The van der Waals surface area contributed by atoms with Crippen molar-refractivity contribution in [2.45, 2.75) is 17.7 Å². The molecule has 0 aromatic heterocycles. The van der Waals surface area contributed by atoms with Gasteiger partial charge in [-0.05, 0) is 31.0 Å². The van der Waals surface area contributed by atoms with E-state index in [2.05, 4.69) is 0 Å². The van der Waals surface area contributed by atoms with Gasteiger partial charge in [-0.1, -0.05) is 4.47 Å². The highest BCUT2D eigenvalue weighted by atomic mass is 32.2. The Bertz CT molecular complexity index is 526. The zero-order valence-electron chi connectivity index (χ0n) is 9.93. The summed E-state index contributed by atoms with van der Waals surface area (Å²) in [6.07, 6.45) is 1.56. The first-order valence-electron chi connectivity index (χ1n) is 5.55. The van der Waals surface area contributed by atoms with Crippen LogP contribution in [0.3, 0.4) is 0 Å². The number of methoxy groups -OCH3 is 1. The Morgan fingerprint density at radius 3 is 2.72 bits per heavy atom. The molecule has 0 amide bonds. The number of halogens is 1. The summed E-state index contributed by atoms with van der Waals surface area (Å²) in [5.41, 5.74) is 0. The van der Waals surface area contributed by atoms with Crippen LogP contribution >= 0.6 is 0 Å². The Hall–Kier alpha value is -1.18. The lowest BCUT2D eigenvalue weighted by Crippen LogP contribution is -2.35. The van der Waals surface area contributed by atoms with Crippen LogP contribution in [0.25, 0.3) is 0 Å². The topological polar surface area (TPSA) is 55.8 Å². The van der Waals surface area contributed by atoms with E-state index in [-0.39, 0.29) is 17.2 Å². The highest BCUT2D eigenvalue weighted by molar-refractivity contribution is 7.89. The van der Waals surface area contributed by atoms with Gasteiger partial charge in [-0.25, -0.2) is 12.8 Å². The lowest BCUT2D eigenvalue weighted by molar-refractivity contribution is -0.108. The van der Waals surface area contributed by atoms with Gasteiger partial charge >= 0.3 is 0 Å². The second kappa shape index (κ2) is 5.21. The Morgan fingerprint density at radius 1 is 1.39 bits per heavy atom. The number of hydrogen-bond acceptors (Lipinski definition) is 4. The molecule has 1 aromatic rings. The predicted octanol–water partition coefficient (Wildman–Crippen LogP) is 1.55. The van der Waals surface area contributed by atoms with Gasteiger partial charge in [0.05, 0.1) is 18.6 Å². The largest absolute Gasteiger partial charge is 0.494 e. The van der Waals surface area contributed by atoms with Gasteiger partial charge in [0, 0.05) is 6.54 Å². The van der Waals surface area contributed by atoms with Gasteiger partial charge in [0.2, 0.25) is 0 Å². The lowest BCUT2D eigenvalue weighted by Gasteiger charge is -2.25. The third-order valence-electron chi connectivity index (χ3n) is 2.66. The molecule has 0 radical (unpaired) electrons. The fraction of sp³-hybridized carbons (Fsp3) is 0.455. The zero-order valence-corrected chi connectivity index (χ0v) is 10.7. The highest BCUT2D eigenvalue weighted by Gasteiger charge is 2.28. The molecule has 2 rings (SSSR count). The first kappa shape index (κ1) is 13.3. The van der Waals surface area contributed by atoms with Crippen LogP contribution in [0.15, 0.2) is 23.1 Å². The van der Waals surface area contributed by atoms with Crippen molar-refractivity contribution < 1.29 is 22.4 Å². The highest BCUT2D eigenvalue weighted by Crippen LogP contribution is 2.24. The molecule has 5 nitrogen and oxygen atoms in total. The molecule has 18 heavy (non-hydrogen) atoms. The summed E-state index contributed by atoms with van der Waals surface area (Å²) in [7, 11) is -2.47. The minimum absolute atomic E-state index is 0.00788. The van der Waals surface area contributed by atoms with Crippen LogP contribution in [0.4, 0.5) is 4.39 Å². The molecule has 1 aromatic carbocycles. The van der Waals surface area contributed by atoms with E-state index >= 15 is 0 Å². The fourth-order valence-corrected chi connectivity index (χ4v) is 3.00. The molecule has 0 unspecified atom stereocenters. The van der Waals surface area contributed by atoms with Gasteiger partial charge in [0.25, 0.3) is 10.0 Å². The van der Waals surface area contributed by atoms with Gasteiger partial charge in [0.1, 0.15) is 0 Å². The normalized spacial score (nSPS) is 17.7. The summed E-state index contributed by atoms with van der Waals surface area (Å²) >= 11 is 0. The molecule has 100 valence electrons. The standard InChI is InChI=1S/C11H14FNO4S/c1-16-11-5-4-9(8-10(11)12)18(14,15)13-6-2-3-7-17-13/h4-5,8H,2-3,6-7H2,1H3. The summed E-state index contributed by atoms with van der Waals surface area (Å²) in [5, 5.41) is 0. The summed E-state index contributed by atoms with van der Waals surface area (Å²) in [6, 6.07) is 3.52. The first-order chi connectivity index (χ1) is 8.55. The molecule has 0 N–H and O–H groups in total. The minimum Gasteiger partial charge on any atom is -0.494 e. The molecule has 1 heterocycles. The Balaban J connectivity index is 2.32. The van der Waals surface area contributed by atoms with Crippen LogP contribution in [-0.4, -0.2) is 33.1 Å². The van der Waals surface area contributed by atoms with Crippen LogP contribution in [0.1, 0.15) is 12.8 Å². The van der Waals surface area contributed by atoms with Crippen molar-refractivity contribution in [3.05, 3.63) is 24.0 Å². The molecule has 7 heteroatoms. The van der Waals surface area contributed by atoms with Crippen molar-refractivity contribution in [1.29, 1.82) is 0 Å². The van der Waals surface area contributed by atoms with Gasteiger partial charge in [-0.2, -0.15) is 0 Å². The number of hydrogen-bond donors (Lipinski definition) is 0. The summed E-state index contributed by atoms with van der Waals surface area (Å²) < 4.78 is 43.4. The lowest BCUT2D eigenvalue weighted by atomic mass is 10.3. The summed E-state index contributed by atoms with van der Waals surface area (Å²) in [4.78, 5) is 4.95. The molecule has 1 aliphatic heterocycles. The molecule has 0 atom stereocenters. The second-order valence-electron chi connectivity index (χ2n) is 3.87. The van der Waals surface area contributed by atoms with Crippen molar-refractivity contribution in [2.24, 2.45) is 0 Å². The van der Waals surface area contributed by atoms with E-state index in [1.807, 2.05) is 0 Å². The van der Waals surface area contributed by atoms with Crippen LogP contribution in [-0.2, 0) is 14.9 Å². The Kier molecular flexibility index (Phi) is 3.84. The third kappa shape index (κ3) is 2.47. The van der Waals surface area contributed by atoms with E-state index in [0.717, 1.165) is 23.4 Å². The quantitative estimate of drug-likeness (QED) is 0.840. The van der Waals surface area contributed by atoms with E-state index in [1.165, 1.54) is 19.2 Å². The van der Waals surface area contributed by atoms with Crippen molar-refractivity contribution in [1.82, 2.24) is 4.47 Å². The SMILES string of the molecule is COc1ccc(S(=O)(=O)N2CCCCO2)cc1F. The average Bonchev–Trinajstić information content (AvgIpc) is 2.39. The van der Waals surface area contributed by atoms with E-state index < -0.39 is 15.8 Å². The molecular weight excluding hydrogens is 261 g/mol. The van der Waals surface area contributed by atoms with E-state index in [9.17, 15) is 12.8 Å². The number of rotatable bonds is 3. The van der Waals surface area contributed by atoms with Crippen LogP contribution in [0.2, 0.25) is 0 Å². The number of hydroxylamine groups is 1. The maximum absolute atomic E-state index is 13.5. The molecule has 0 bridgehead atoms. The monoisotopic (exact) mass is 275 g/mol. The number of sulfonamides is 1. The molecule has 1 aliphatic rings. The number of nitrogens with zero attached hydrogens (tertiary/aromatic N) is 1. The van der Waals surface area contributed by atoms with Gasteiger partial charge in [-0.15, -0.1) is 0 Å². The van der Waals surface area contributed by atoms with E-state index in [0.29, 0.717) is 6.61 Å². The van der Waals surface area contributed by atoms with E-state index in [4.69, 9.17) is 9.57 Å². The van der Waals surface area contributed by atoms with Crippen molar-refractivity contribution >= 4 is 10.0 Å². The first-order valence-corrected chi connectivity index (χ1v) is 6.99. The Labute approximate surface area is 105 Å². The summed E-state index contributed by atoms with van der Waals surface area (Å²) in [5.74, 6) is -0.705. The van der Waals surface area contributed by atoms with Crippen LogP contribution < -0.4 is 4.74 Å². The van der Waals surface area contributed by atoms with Crippen LogP contribution in [0.5, 0.6) is 5.75 Å². The Morgan fingerprint density at radius 2 is 2.17 bits per heavy atom. The smallest absolute Gasteiger partial charge is 0.265 e. The average molecular weight is 275 g/mol. The molecule has 1 saturated heterocycles. The molecule has 1 fully saturated rings. The van der Waals surface area contributed by atoms with Crippen LogP contribution in [0, 0.1) is 5.82 Å². The molecule has 0 saturated carbocycles. The fourth-order valence-electron chi connectivity index (χ4n) is 1.69. The maximum atomic E-state index is 13.5. The molecule has 0 aliphatic carbocycles.